The molecule has 6 nitrogen and oxygen atoms in total. The Morgan fingerprint density at radius 1 is 1.15 bits per heavy atom. The van der Waals surface area contributed by atoms with Crippen LogP contribution >= 0.6 is 0 Å². The Kier molecular flexibility index (Phi) is 5.71. The maximum absolute atomic E-state index is 12.7. The van der Waals surface area contributed by atoms with Crippen LogP contribution in [0.1, 0.15) is 25.1 Å². The van der Waals surface area contributed by atoms with E-state index in [1.807, 2.05) is 43.0 Å². The largest absolute Gasteiger partial charge is 0.481 e. The number of nitrogens with zero attached hydrogens (tertiary/aromatic N) is 4. The monoisotopic (exact) mass is 354 g/mol. The Hall–Kier alpha value is -2.63. The second-order valence-corrected chi connectivity index (χ2v) is 6.59. The van der Waals surface area contributed by atoms with Crippen molar-refractivity contribution in [3.63, 3.8) is 0 Å². The first-order valence-electron chi connectivity index (χ1n) is 9.15. The molecule has 1 aliphatic heterocycles. The van der Waals surface area contributed by atoms with Crippen LogP contribution in [0.15, 0.2) is 36.7 Å². The Labute approximate surface area is 154 Å². The number of amides is 1. The van der Waals surface area contributed by atoms with Gasteiger partial charge in [-0.2, -0.15) is 0 Å². The van der Waals surface area contributed by atoms with Gasteiger partial charge in [-0.15, -0.1) is 0 Å². The number of piperazine rings is 1. The quantitative estimate of drug-likeness (QED) is 0.825. The Morgan fingerprint density at radius 3 is 2.46 bits per heavy atom. The molecule has 0 radical (unpaired) electrons. The highest BCUT2D eigenvalue weighted by atomic mass is 16.5. The van der Waals surface area contributed by atoms with Crippen LogP contribution < -0.4 is 9.64 Å². The minimum atomic E-state index is -0.493. The molecular weight excluding hydrogens is 328 g/mol. The number of benzene rings is 1. The molecule has 0 bridgehead atoms. The van der Waals surface area contributed by atoms with Crippen LogP contribution in [0.4, 0.5) is 5.82 Å². The van der Waals surface area contributed by atoms with Gasteiger partial charge in [0.05, 0.1) is 11.9 Å². The van der Waals surface area contributed by atoms with Gasteiger partial charge in [0.2, 0.25) is 0 Å². The van der Waals surface area contributed by atoms with Crippen molar-refractivity contribution in [2.45, 2.75) is 33.3 Å². The molecule has 2 aromatic rings. The fraction of sp³-hybridized carbons (Fsp3) is 0.450. The lowest BCUT2D eigenvalue weighted by Crippen LogP contribution is -2.52. The first-order chi connectivity index (χ1) is 12.6. The standard InChI is InChI=1S/C20H26N4O2/c1-4-17-5-7-18(8-6-17)26-16(3)20(25)24-11-9-23(10-12-24)19-14-21-13-15(2)22-19/h5-8,13-14,16H,4,9-12H2,1-3H3. The first-order valence-corrected chi connectivity index (χ1v) is 9.15. The van der Waals surface area contributed by atoms with E-state index < -0.39 is 6.10 Å². The van der Waals surface area contributed by atoms with Crippen molar-refractivity contribution >= 4 is 11.7 Å². The van der Waals surface area contributed by atoms with E-state index >= 15 is 0 Å². The summed E-state index contributed by atoms with van der Waals surface area (Å²) in [5.74, 6) is 1.63. The average Bonchev–Trinajstić information content (AvgIpc) is 2.68. The van der Waals surface area contributed by atoms with Crippen LogP contribution in [0, 0.1) is 6.92 Å². The lowest BCUT2D eigenvalue weighted by molar-refractivity contribution is -0.138. The first kappa shape index (κ1) is 18.2. The fourth-order valence-electron chi connectivity index (χ4n) is 3.07. The van der Waals surface area contributed by atoms with Crippen molar-refractivity contribution in [1.29, 1.82) is 0 Å². The summed E-state index contributed by atoms with van der Waals surface area (Å²) in [5.41, 5.74) is 2.16. The van der Waals surface area contributed by atoms with Crippen LogP contribution in [-0.2, 0) is 11.2 Å². The molecule has 0 aliphatic carbocycles. The van der Waals surface area contributed by atoms with Gasteiger partial charge in [0.1, 0.15) is 11.6 Å². The summed E-state index contributed by atoms with van der Waals surface area (Å²) in [6.07, 6.45) is 4.02. The van der Waals surface area contributed by atoms with Gasteiger partial charge >= 0.3 is 0 Å². The Balaban J connectivity index is 1.53. The van der Waals surface area contributed by atoms with Crippen molar-refractivity contribution in [2.75, 3.05) is 31.1 Å². The third-order valence-electron chi connectivity index (χ3n) is 4.65. The van der Waals surface area contributed by atoms with Crippen molar-refractivity contribution in [1.82, 2.24) is 14.9 Å². The molecule has 1 atom stereocenters. The van der Waals surface area contributed by atoms with E-state index in [9.17, 15) is 4.79 Å². The van der Waals surface area contributed by atoms with Gasteiger partial charge in [-0.3, -0.25) is 9.78 Å². The van der Waals surface area contributed by atoms with Crippen molar-refractivity contribution in [3.8, 4) is 5.75 Å². The summed E-state index contributed by atoms with van der Waals surface area (Å²) in [6, 6.07) is 7.93. The molecule has 1 saturated heterocycles. The highest BCUT2D eigenvalue weighted by Crippen LogP contribution is 2.17. The molecule has 1 aliphatic rings. The van der Waals surface area contributed by atoms with Gasteiger partial charge in [0, 0.05) is 32.4 Å². The molecule has 1 unspecified atom stereocenters. The number of carbonyl (C=O) groups is 1. The van der Waals surface area contributed by atoms with Crippen LogP contribution in [0.2, 0.25) is 0 Å². The number of hydrogen-bond donors (Lipinski definition) is 0. The SMILES string of the molecule is CCc1ccc(OC(C)C(=O)N2CCN(c3cncc(C)n3)CC2)cc1. The second kappa shape index (κ2) is 8.17. The van der Waals surface area contributed by atoms with Crippen LogP contribution in [0.5, 0.6) is 5.75 Å². The molecular formula is C20H26N4O2. The zero-order valence-electron chi connectivity index (χ0n) is 15.7. The zero-order valence-corrected chi connectivity index (χ0v) is 15.7. The summed E-state index contributed by atoms with van der Waals surface area (Å²) in [4.78, 5) is 25.4. The molecule has 0 N–H and O–H groups in total. The van der Waals surface area contributed by atoms with Crippen LogP contribution in [0.3, 0.4) is 0 Å². The lowest BCUT2D eigenvalue weighted by Gasteiger charge is -2.36. The normalized spacial score (nSPS) is 15.7. The summed E-state index contributed by atoms with van der Waals surface area (Å²) in [5, 5.41) is 0. The van der Waals surface area contributed by atoms with Gasteiger partial charge in [-0.05, 0) is 38.0 Å². The number of anilines is 1. The highest BCUT2D eigenvalue weighted by Gasteiger charge is 2.26. The van der Waals surface area contributed by atoms with E-state index in [4.69, 9.17) is 4.74 Å². The molecule has 1 amide bonds. The predicted octanol–water partition coefficient (Wildman–Crippen LogP) is 2.46. The Morgan fingerprint density at radius 2 is 1.85 bits per heavy atom. The van der Waals surface area contributed by atoms with E-state index in [1.54, 1.807) is 12.4 Å². The average molecular weight is 354 g/mol. The van der Waals surface area contributed by atoms with Crippen LogP contribution in [0.25, 0.3) is 0 Å². The summed E-state index contributed by atoms with van der Waals surface area (Å²) in [6.45, 7) is 8.69. The predicted molar refractivity (Wildman–Crippen MR) is 101 cm³/mol. The van der Waals surface area contributed by atoms with E-state index in [-0.39, 0.29) is 5.91 Å². The van der Waals surface area contributed by atoms with Gasteiger partial charge in [0.25, 0.3) is 5.91 Å². The third kappa shape index (κ3) is 4.31. The molecule has 1 aromatic heterocycles. The maximum atomic E-state index is 12.7. The molecule has 0 saturated carbocycles. The second-order valence-electron chi connectivity index (χ2n) is 6.59. The fourth-order valence-corrected chi connectivity index (χ4v) is 3.07. The van der Waals surface area contributed by atoms with Crippen molar-refractivity contribution in [2.24, 2.45) is 0 Å². The number of ether oxygens (including phenoxy) is 1. The van der Waals surface area contributed by atoms with E-state index in [0.29, 0.717) is 13.1 Å². The topological polar surface area (TPSA) is 58.6 Å². The number of rotatable bonds is 5. The summed E-state index contributed by atoms with van der Waals surface area (Å²) >= 11 is 0. The van der Waals surface area contributed by atoms with E-state index in [2.05, 4.69) is 21.8 Å². The highest BCUT2D eigenvalue weighted by molar-refractivity contribution is 5.81. The lowest BCUT2D eigenvalue weighted by atomic mass is 10.2. The third-order valence-corrected chi connectivity index (χ3v) is 4.65. The minimum Gasteiger partial charge on any atom is -0.481 e. The van der Waals surface area contributed by atoms with Crippen molar-refractivity contribution in [3.05, 3.63) is 47.9 Å². The van der Waals surface area contributed by atoms with Gasteiger partial charge in [-0.25, -0.2) is 4.98 Å². The molecule has 3 rings (SSSR count). The zero-order chi connectivity index (χ0) is 18.5. The van der Waals surface area contributed by atoms with E-state index in [0.717, 1.165) is 36.8 Å². The molecule has 0 spiro atoms. The Bertz CT molecular complexity index is 740. The van der Waals surface area contributed by atoms with Gasteiger partial charge in [0.15, 0.2) is 6.10 Å². The molecule has 26 heavy (non-hydrogen) atoms. The molecule has 1 aromatic carbocycles. The van der Waals surface area contributed by atoms with Crippen LogP contribution in [-0.4, -0.2) is 53.1 Å². The number of aryl methyl sites for hydroxylation is 2. The summed E-state index contributed by atoms with van der Waals surface area (Å²) < 4.78 is 5.83. The van der Waals surface area contributed by atoms with Gasteiger partial charge in [-0.1, -0.05) is 19.1 Å². The summed E-state index contributed by atoms with van der Waals surface area (Å²) in [7, 11) is 0. The smallest absolute Gasteiger partial charge is 0.263 e. The molecule has 6 heteroatoms. The molecule has 138 valence electrons. The maximum Gasteiger partial charge on any atom is 0.263 e. The molecule has 1 fully saturated rings. The number of hydrogen-bond acceptors (Lipinski definition) is 5. The van der Waals surface area contributed by atoms with Gasteiger partial charge < -0.3 is 14.5 Å². The van der Waals surface area contributed by atoms with Crippen molar-refractivity contribution < 1.29 is 9.53 Å². The number of aromatic nitrogens is 2. The van der Waals surface area contributed by atoms with E-state index in [1.165, 1.54) is 5.56 Å². The molecule has 2 heterocycles. The number of carbonyl (C=O) groups excluding carboxylic acids is 1. The minimum absolute atomic E-state index is 0.0274.